The monoisotopic (exact) mass is 630 g/mol. The van der Waals surface area contributed by atoms with Crippen molar-refractivity contribution in [1.29, 1.82) is 0 Å². The van der Waals surface area contributed by atoms with Gasteiger partial charge in [-0.1, -0.05) is 82.1 Å². The number of anilines is 2. The number of hydrogen-bond donors (Lipinski definition) is 0. The van der Waals surface area contributed by atoms with Crippen LogP contribution in [0.15, 0.2) is 107 Å². The Morgan fingerprint density at radius 1 is 0.850 bits per heavy atom. The highest BCUT2D eigenvalue weighted by molar-refractivity contribution is 9.10. The number of amides is 2. The van der Waals surface area contributed by atoms with Crippen LogP contribution in [0.4, 0.5) is 11.4 Å². The highest BCUT2D eigenvalue weighted by Gasteiger charge is 2.41. The first kappa shape index (κ1) is 27.8. The molecule has 8 heteroatoms. The molecule has 1 aliphatic rings. The Kier molecular flexibility index (Phi) is 8.45. The number of benzene rings is 4. The lowest BCUT2D eigenvalue weighted by Gasteiger charge is -2.36. The number of halogens is 2. The molecule has 0 unspecified atom stereocenters. The number of thiocarbonyl (C=S) groups is 1. The minimum Gasteiger partial charge on any atom is -0.494 e. The molecule has 0 aromatic heterocycles. The van der Waals surface area contributed by atoms with E-state index in [4.69, 9.17) is 28.6 Å². The van der Waals surface area contributed by atoms with Gasteiger partial charge in [-0.2, -0.15) is 0 Å². The van der Waals surface area contributed by atoms with Crippen molar-refractivity contribution in [1.82, 2.24) is 0 Å². The molecule has 0 aliphatic carbocycles. The Labute approximate surface area is 251 Å². The fraction of sp³-hybridized carbons (Fsp3) is 0.0938. The van der Waals surface area contributed by atoms with Crippen LogP contribution in [0.25, 0.3) is 6.08 Å². The molecule has 200 valence electrons. The molecule has 1 heterocycles. The summed E-state index contributed by atoms with van der Waals surface area (Å²) >= 11 is 15.8. The molecule has 0 bridgehead atoms. The van der Waals surface area contributed by atoms with Crippen molar-refractivity contribution in [2.24, 2.45) is 0 Å². The molecule has 0 spiro atoms. The second-order valence-electron chi connectivity index (χ2n) is 8.97. The first-order valence-corrected chi connectivity index (χ1v) is 14.2. The summed E-state index contributed by atoms with van der Waals surface area (Å²) in [6.45, 7) is 2.35. The molecule has 0 N–H and O–H groups in total. The lowest BCUT2D eigenvalue weighted by atomic mass is 10.00. The van der Waals surface area contributed by atoms with Gasteiger partial charge in [0.05, 0.1) is 18.0 Å². The Morgan fingerprint density at radius 3 is 1.95 bits per heavy atom. The largest absolute Gasteiger partial charge is 0.494 e. The Hall–Kier alpha value is -3.78. The number of para-hydroxylation sites is 2. The number of hydrogen-bond acceptors (Lipinski definition) is 4. The van der Waals surface area contributed by atoms with E-state index >= 15 is 0 Å². The Balaban J connectivity index is 1.61. The van der Waals surface area contributed by atoms with Crippen molar-refractivity contribution in [2.45, 2.75) is 13.3 Å². The van der Waals surface area contributed by atoms with Crippen LogP contribution in [0.2, 0.25) is 5.02 Å². The lowest BCUT2D eigenvalue weighted by Crippen LogP contribution is -2.56. The molecule has 1 fully saturated rings. The van der Waals surface area contributed by atoms with Crippen LogP contribution in [0.3, 0.4) is 0 Å². The van der Waals surface area contributed by atoms with E-state index in [1.165, 1.54) is 9.80 Å². The average molecular weight is 632 g/mol. The summed E-state index contributed by atoms with van der Waals surface area (Å²) < 4.78 is 6.77. The maximum absolute atomic E-state index is 13.8. The predicted molar refractivity (Wildman–Crippen MR) is 168 cm³/mol. The van der Waals surface area contributed by atoms with Gasteiger partial charge in [0.2, 0.25) is 0 Å². The SMILES string of the molecule is CCOc1cc(C=C2C(=O)N(c3ccccc3)C(=S)N(c3ccccc3)C2=O)cc(Br)c1Cc1ccccc1Cl. The summed E-state index contributed by atoms with van der Waals surface area (Å²) in [6.07, 6.45) is 2.13. The van der Waals surface area contributed by atoms with E-state index in [1.54, 1.807) is 30.3 Å². The lowest BCUT2D eigenvalue weighted by molar-refractivity contribution is -0.120. The standard InChI is InChI=1S/C32H24BrClN2O3S/c1-2-39-29-19-21(18-27(33)25(29)20-22-11-9-10-16-28(22)34)17-26-30(37)35(23-12-5-3-6-13-23)32(40)36(31(26)38)24-14-7-4-8-15-24/h3-19H,2,20H2,1H3. The Bertz CT molecular complexity index is 1560. The first-order valence-electron chi connectivity index (χ1n) is 12.6. The molecular formula is C32H24BrClN2O3S. The summed E-state index contributed by atoms with van der Waals surface area (Å²) in [6, 6.07) is 29.5. The average Bonchev–Trinajstić information content (AvgIpc) is 2.95. The van der Waals surface area contributed by atoms with Crippen molar-refractivity contribution in [3.8, 4) is 5.75 Å². The van der Waals surface area contributed by atoms with Crippen LogP contribution in [0.5, 0.6) is 5.75 Å². The van der Waals surface area contributed by atoms with Crippen LogP contribution >= 0.6 is 39.7 Å². The zero-order valence-corrected chi connectivity index (χ0v) is 24.7. The van der Waals surface area contributed by atoms with Crippen molar-refractivity contribution >= 4 is 74.1 Å². The van der Waals surface area contributed by atoms with E-state index in [0.29, 0.717) is 40.7 Å². The summed E-state index contributed by atoms with van der Waals surface area (Å²) in [5, 5.41) is 0.759. The number of carbonyl (C=O) groups excluding carboxylic acids is 2. The van der Waals surface area contributed by atoms with Gasteiger partial charge >= 0.3 is 0 Å². The zero-order valence-electron chi connectivity index (χ0n) is 21.5. The topological polar surface area (TPSA) is 49.9 Å². The fourth-order valence-electron chi connectivity index (χ4n) is 4.51. The van der Waals surface area contributed by atoms with E-state index in [9.17, 15) is 9.59 Å². The smallest absolute Gasteiger partial charge is 0.270 e. The van der Waals surface area contributed by atoms with Gasteiger partial charge < -0.3 is 4.74 Å². The summed E-state index contributed by atoms with van der Waals surface area (Å²) in [5.41, 5.74) is 3.63. The predicted octanol–water partition coefficient (Wildman–Crippen LogP) is 7.84. The van der Waals surface area contributed by atoms with Crippen molar-refractivity contribution < 1.29 is 14.3 Å². The minimum absolute atomic E-state index is 0.0190. The normalized spacial score (nSPS) is 13.6. The van der Waals surface area contributed by atoms with Crippen molar-refractivity contribution in [3.05, 3.63) is 129 Å². The van der Waals surface area contributed by atoms with Gasteiger partial charge in [-0.15, -0.1) is 0 Å². The van der Waals surface area contributed by atoms with Gasteiger partial charge in [0, 0.05) is 21.5 Å². The first-order chi connectivity index (χ1) is 19.4. The second-order valence-corrected chi connectivity index (χ2v) is 10.6. The molecule has 0 radical (unpaired) electrons. The summed E-state index contributed by atoms with van der Waals surface area (Å²) in [7, 11) is 0. The maximum atomic E-state index is 13.8. The second kappa shape index (κ2) is 12.2. The summed E-state index contributed by atoms with van der Waals surface area (Å²) in [5.74, 6) is -0.361. The van der Waals surface area contributed by atoms with Crippen LogP contribution in [-0.4, -0.2) is 23.5 Å². The molecule has 5 nitrogen and oxygen atoms in total. The molecular weight excluding hydrogens is 608 g/mol. The highest BCUT2D eigenvalue weighted by Crippen LogP contribution is 2.35. The van der Waals surface area contributed by atoms with Crippen LogP contribution in [0, 0.1) is 0 Å². The Morgan fingerprint density at radius 2 is 1.40 bits per heavy atom. The van der Waals surface area contributed by atoms with Crippen LogP contribution in [-0.2, 0) is 16.0 Å². The molecule has 1 aliphatic heterocycles. The van der Waals surface area contributed by atoms with Crippen molar-refractivity contribution in [3.63, 3.8) is 0 Å². The van der Waals surface area contributed by atoms with E-state index in [2.05, 4.69) is 15.9 Å². The van der Waals surface area contributed by atoms with E-state index < -0.39 is 11.8 Å². The van der Waals surface area contributed by atoms with Gasteiger partial charge in [-0.3, -0.25) is 19.4 Å². The number of rotatable bonds is 7. The zero-order chi connectivity index (χ0) is 28.2. The quantitative estimate of drug-likeness (QED) is 0.118. The molecule has 4 aromatic rings. The molecule has 0 saturated carbocycles. The molecule has 0 atom stereocenters. The molecule has 40 heavy (non-hydrogen) atoms. The molecule has 4 aromatic carbocycles. The maximum Gasteiger partial charge on any atom is 0.270 e. The van der Waals surface area contributed by atoms with Crippen LogP contribution < -0.4 is 14.5 Å². The van der Waals surface area contributed by atoms with Gasteiger partial charge in [0.15, 0.2) is 5.11 Å². The number of nitrogens with zero attached hydrogens (tertiary/aromatic N) is 2. The van der Waals surface area contributed by atoms with E-state index in [1.807, 2.05) is 79.7 Å². The fourth-order valence-corrected chi connectivity index (χ4v) is 5.69. The van der Waals surface area contributed by atoms with Crippen LogP contribution in [0.1, 0.15) is 23.6 Å². The third kappa shape index (κ3) is 5.59. The summed E-state index contributed by atoms with van der Waals surface area (Å²) in [4.78, 5) is 30.4. The highest BCUT2D eigenvalue weighted by atomic mass is 79.9. The minimum atomic E-state index is -0.498. The third-order valence-corrected chi connectivity index (χ3v) is 7.83. The molecule has 5 rings (SSSR count). The van der Waals surface area contributed by atoms with Gasteiger partial charge in [-0.25, -0.2) is 0 Å². The van der Waals surface area contributed by atoms with E-state index in [0.717, 1.165) is 15.6 Å². The van der Waals surface area contributed by atoms with Crippen molar-refractivity contribution in [2.75, 3.05) is 16.4 Å². The molecule has 2 amide bonds. The third-order valence-electron chi connectivity index (χ3n) is 6.39. The van der Waals surface area contributed by atoms with Gasteiger partial charge in [0.25, 0.3) is 11.8 Å². The van der Waals surface area contributed by atoms with E-state index in [-0.39, 0.29) is 10.7 Å². The number of carbonyl (C=O) groups is 2. The van der Waals surface area contributed by atoms with Gasteiger partial charge in [0.1, 0.15) is 11.3 Å². The number of ether oxygens (including phenoxy) is 1. The van der Waals surface area contributed by atoms with Gasteiger partial charge in [-0.05, 0) is 78.8 Å². The molecule has 1 saturated heterocycles.